The molecule has 0 unspecified atom stereocenters. The van der Waals surface area contributed by atoms with Crippen LogP contribution in [0.4, 0.5) is 4.79 Å². The van der Waals surface area contributed by atoms with Crippen molar-refractivity contribution in [2.45, 2.75) is 38.8 Å². The van der Waals surface area contributed by atoms with E-state index in [1.807, 2.05) is 4.90 Å². The molecule has 1 amide bonds. The number of methoxy groups -OCH3 is 1. The fourth-order valence-corrected chi connectivity index (χ4v) is 2.16. The van der Waals surface area contributed by atoms with Crippen LogP contribution in [-0.4, -0.2) is 30.2 Å². The zero-order valence-electron chi connectivity index (χ0n) is 8.33. The lowest BCUT2D eigenvalue weighted by molar-refractivity contribution is 0.150. The van der Waals surface area contributed by atoms with E-state index in [-0.39, 0.29) is 6.09 Å². The number of rotatable bonds is 0. The summed E-state index contributed by atoms with van der Waals surface area (Å²) in [7, 11) is 1.44. The van der Waals surface area contributed by atoms with Gasteiger partial charge in [0.15, 0.2) is 0 Å². The Hall–Kier alpha value is -0.990. The Balaban J connectivity index is 2.04. The number of carbonyl (C=O) groups excluding carboxylic acids is 1. The van der Waals surface area contributed by atoms with Gasteiger partial charge in [-0.05, 0) is 26.7 Å². The molecular formula is C10H15NO2. The Morgan fingerprint density at radius 3 is 2.15 bits per heavy atom. The molecule has 3 heteroatoms. The molecule has 1 aliphatic carbocycles. The lowest BCUT2D eigenvalue weighted by atomic mass is 9.94. The number of amides is 1. The number of nitrogens with zero attached hydrogens (tertiary/aromatic N) is 1. The largest absolute Gasteiger partial charge is 0.453 e. The maximum atomic E-state index is 11.2. The Kier molecular flexibility index (Phi) is 1.82. The van der Waals surface area contributed by atoms with Gasteiger partial charge in [-0.2, -0.15) is 0 Å². The molecule has 0 N–H and O–H groups in total. The highest BCUT2D eigenvalue weighted by atomic mass is 16.5. The van der Waals surface area contributed by atoms with Crippen molar-refractivity contribution in [3.05, 3.63) is 11.1 Å². The Morgan fingerprint density at radius 2 is 1.77 bits per heavy atom. The highest BCUT2D eigenvalue weighted by Crippen LogP contribution is 2.42. The third kappa shape index (κ3) is 1.23. The van der Waals surface area contributed by atoms with Gasteiger partial charge < -0.3 is 4.74 Å². The lowest BCUT2D eigenvalue weighted by Crippen LogP contribution is -2.13. The number of fused-ring (bicyclic) bond motifs is 1. The van der Waals surface area contributed by atoms with Gasteiger partial charge in [0.1, 0.15) is 0 Å². The SMILES string of the molecule is COC(=O)N1[C@@H]2CC(C)=C(C)C[C@H]21. The minimum Gasteiger partial charge on any atom is -0.453 e. The maximum absolute atomic E-state index is 11.2. The van der Waals surface area contributed by atoms with Crippen LogP contribution in [-0.2, 0) is 4.74 Å². The van der Waals surface area contributed by atoms with Gasteiger partial charge in [-0.3, -0.25) is 4.90 Å². The van der Waals surface area contributed by atoms with E-state index >= 15 is 0 Å². The molecule has 0 saturated carbocycles. The number of carbonyl (C=O) groups is 1. The molecule has 2 aliphatic rings. The second-order valence-corrected chi connectivity index (χ2v) is 3.98. The monoisotopic (exact) mass is 181 g/mol. The van der Waals surface area contributed by atoms with E-state index in [1.165, 1.54) is 18.3 Å². The van der Waals surface area contributed by atoms with Crippen molar-refractivity contribution in [1.29, 1.82) is 0 Å². The predicted molar refractivity (Wildman–Crippen MR) is 49.4 cm³/mol. The first-order valence-electron chi connectivity index (χ1n) is 4.66. The van der Waals surface area contributed by atoms with Crippen LogP contribution < -0.4 is 0 Å². The van der Waals surface area contributed by atoms with Crippen molar-refractivity contribution in [2.24, 2.45) is 0 Å². The topological polar surface area (TPSA) is 29.3 Å². The number of hydrogen-bond donors (Lipinski definition) is 0. The first-order chi connectivity index (χ1) is 6.15. The van der Waals surface area contributed by atoms with Crippen LogP contribution in [0.3, 0.4) is 0 Å². The molecule has 2 rings (SSSR count). The lowest BCUT2D eigenvalue weighted by Gasteiger charge is -2.09. The molecule has 2 atom stereocenters. The van der Waals surface area contributed by atoms with Crippen molar-refractivity contribution in [2.75, 3.05) is 7.11 Å². The summed E-state index contributed by atoms with van der Waals surface area (Å²) in [5, 5.41) is 0. The van der Waals surface area contributed by atoms with Crippen molar-refractivity contribution in [3.63, 3.8) is 0 Å². The van der Waals surface area contributed by atoms with Gasteiger partial charge in [-0.25, -0.2) is 4.79 Å². The Bertz CT molecular complexity index is 263. The van der Waals surface area contributed by atoms with Crippen molar-refractivity contribution in [1.82, 2.24) is 4.90 Å². The van der Waals surface area contributed by atoms with Crippen molar-refractivity contribution < 1.29 is 9.53 Å². The van der Waals surface area contributed by atoms with Gasteiger partial charge in [0.05, 0.1) is 19.2 Å². The molecule has 3 nitrogen and oxygen atoms in total. The maximum Gasteiger partial charge on any atom is 0.410 e. The van der Waals surface area contributed by atoms with E-state index in [9.17, 15) is 4.79 Å². The van der Waals surface area contributed by atoms with Crippen molar-refractivity contribution >= 4 is 6.09 Å². The molecule has 13 heavy (non-hydrogen) atoms. The summed E-state index contributed by atoms with van der Waals surface area (Å²) in [6, 6.07) is 0.854. The predicted octanol–water partition coefficient (Wildman–Crippen LogP) is 1.94. The molecule has 1 saturated heterocycles. The molecule has 0 aromatic rings. The highest BCUT2D eigenvalue weighted by Gasteiger charge is 2.53. The van der Waals surface area contributed by atoms with Crippen LogP contribution in [0.25, 0.3) is 0 Å². The van der Waals surface area contributed by atoms with Crippen LogP contribution in [0.15, 0.2) is 11.1 Å². The molecular weight excluding hydrogens is 166 g/mol. The van der Waals surface area contributed by atoms with Crippen LogP contribution in [0.1, 0.15) is 26.7 Å². The van der Waals surface area contributed by atoms with Gasteiger partial charge in [-0.1, -0.05) is 11.1 Å². The van der Waals surface area contributed by atoms with E-state index in [1.54, 1.807) is 0 Å². The van der Waals surface area contributed by atoms with E-state index in [0.29, 0.717) is 12.1 Å². The number of ether oxygens (including phenoxy) is 1. The van der Waals surface area contributed by atoms with E-state index in [0.717, 1.165) is 12.8 Å². The van der Waals surface area contributed by atoms with Crippen LogP contribution in [0.5, 0.6) is 0 Å². The third-order valence-electron chi connectivity index (χ3n) is 3.21. The van der Waals surface area contributed by atoms with Crippen LogP contribution in [0, 0.1) is 0 Å². The minimum atomic E-state index is -0.169. The van der Waals surface area contributed by atoms with Crippen LogP contribution >= 0.6 is 0 Å². The molecule has 1 aliphatic heterocycles. The summed E-state index contributed by atoms with van der Waals surface area (Å²) < 4.78 is 4.71. The van der Waals surface area contributed by atoms with E-state index in [2.05, 4.69) is 13.8 Å². The molecule has 0 spiro atoms. The molecule has 72 valence electrons. The summed E-state index contributed by atoms with van der Waals surface area (Å²) in [5.41, 5.74) is 2.88. The fourth-order valence-electron chi connectivity index (χ4n) is 2.16. The Labute approximate surface area is 78.4 Å². The second kappa shape index (κ2) is 2.76. The summed E-state index contributed by atoms with van der Waals surface area (Å²) in [6.07, 6.45) is 1.90. The zero-order chi connectivity index (χ0) is 9.59. The molecule has 0 bridgehead atoms. The molecule has 1 heterocycles. The first-order valence-corrected chi connectivity index (χ1v) is 4.66. The molecule has 0 aromatic heterocycles. The quantitative estimate of drug-likeness (QED) is 0.422. The smallest absolute Gasteiger partial charge is 0.410 e. The second-order valence-electron chi connectivity index (χ2n) is 3.98. The standard InChI is InChI=1S/C10H15NO2/c1-6-4-8-9(5-7(6)2)11(8)10(12)13-3/h8-9H,4-5H2,1-3H3/t8-,9-/m1/s1. The zero-order valence-corrected chi connectivity index (χ0v) is 8.33. The van der Waals surface area contributed by atoms with Gasteiger partial charge in [0, 0.05) is 0 Å². The van der Waals surface area contributed by atoms with Gasteiger partial charge in [-0.15, -0.1) is 0 Å². The average Bonchev–Trinajstić information content (AvgIpc) is 2.77. The highest BCUT2D eigenvalue weighted by molar-refractivity contribution is 5.72. The number of hydrogen-bond acceptors (Lipinski definition) is 2. The molecule has 1 fully saturated rings. The first kappa shape index (κ1) is 8.60. The minimum absolute atomic E-state index is 0.169. The summed E-state index contributed by atoms with van der Waals surface area (Å²) >= 11 is 0. The average molecular weight is 181 g/mol. The fraction of sp³-hybridized carbons (Fsp3) is 0.700. The summed E-state index contributed by atoms with van der Waals surface area (Å²) in [5.74, 6) is 0. The van der Waals surface area contributed by atoms with Crippen molar-refractivity contribution in [3.8, 4) is 0 Å². The van der Waals surface area contributed by atoms with Gasteiger partial charge in [0.25, 0.3) is 0 Å². The summed E-state index contributed by atoms with van der Waals surface area (Å²) in [6.45, 7) is 4.30. The normalized spacial score (nSPS) is 31.5. The molecule has 0 aromatic carbocycles. The van der Waals surface area contributed by atoms with Gasteiger partial charge >= 0.3 is 6.09 Å². The van der Waals surface area contributed by atoms with Crippen LogP contribution in [0.2, 0.25) is 0 Å². The van der Waals surface area contributed by atoms with E-state index < -0.39 is 0 Å². The van der Waals surface area contributed by atoms with Gasteiger partial charge in [0.2, 0.25) is 0 Å². The third-order valence-corrected chi connectivity index (χ3v) is 3.21. The summed E-state index contributed by atoms with van der Waals surface area (Å²) in [4.78, 5) is 13.1. The van der Waals surface area contributed by atoms with E-state index in [4.69, 9.17) is 4.74 Å². The Morgan fingerprint density at radius 1 is 1.31 bits per heavy atom. The molecule has 0 radical (unpaired) electrons.